The van der Waals surface area contributed by atoms with E-state index < -0.39 is 12.0 Å². The monoisotopic (exact) mass is 289 g/mol. The SMILES string of the molecule is COc1ccc(C(=O)O)c(NC(=O)Nc2nccnn2)c1. The topological polar surface area (TPSA) is 126 Å². The van der Waals surface area contributed by atoms with E-state index in [1.165, 1.54) is 37.7 Å². The van der Waals surface area contributed by atoms with Crippen molar-refractivity contribution in [3.05, 3.63) is 36.2 Å². The Kier molecular flexibility index (Phi) is 4.24. The number of methoxy groups -OCH3 is 1. The molecule has 2 aromatic rings. The second kappa shape index (κ2) is 6.28. The van der Waals surface area contributed by atoms with E-state index in [1.54, 1.807) is 0 Å². The summed E-state index contributed by atoms with van der Waals surface area (Å²) in [5.41, 5.74) is 0.0151. The molecule has 1 aromatic heterocycles. The van der Waals surface area contributed by atoms with Crippen molar-refractivity contribution >= 4 is 23.6 Å². The minimum atomic E-state index is -1.18. The average Bonchev–Trinajstić information content (AvgIpc) is 2.47. The van der Waals surface area contributed by atoms with Gasteiger partial charge in [-0.2, -0.15) is 5.10 Å². The number of nitrogens with zero attached hydrogens (tertiary/aromatic N) is 3. The van der Waals surface area contributed by atoms with Crippen molar-refractivity contribution in [3.63, 3.8) is 0 Å². The van der Waals surface area contributed by atoms with Gasteiger partial charge >= 0.3 is 12.0 Å². The molecule has 108 valence electrons. The van der Waals surface area contributed by atoms with Crippen LogP contribution >= 0.6 is 0 Å². The van der Waals surface area contributed by atoms with E-state index in [4.69, 9.17) is 9.84 Å². The summed E-state index contributed by atoms with van der Waals surface area (Å²) >= 11 is 0. The van der Waals surface area contributed by atoms with E-state index in [2.05, 4.69) is 25.8 Å². The van der Waals surface area contributed by atoms with Crippen molar-refractivity contribution in [1.29, 1.82) is 0 Å². The number of urea groups is 1. The van der Waals surface area contributed by atoms with Crippen LogP contribution in [0.5, 0.6) is 5.75 Å². The summed E-state index contributed by atoms with van der Waals surface area (Å²) in [7, 11) is 1.43. The Morgan fingerprint density at radius 1 is 1.24 bits per heavy atom. The molecule has 2 amide bonds. The number of carboxylic acids is 1. The maximum absolute atomic E-state index is 11.8. The molecule has 9 heteroatoms. The zero-order chi connectivity index (χ0) is 15.2. The number of benzene rings is 1. The summed E-state index contributed by atoms with van der Waals surface area (Å²) in [4.78, 5) is 26.7. The normalized spacial score (nSPS) is 9.76. The fraction of sp³-hybridized carbons (Fsp3) is 0.0833. The smallest absolute Gasteiger partial charge is 0.337 e. The molecule has 0 aliphatic rings. The first-order valence-corrected chi connectivity index (χ1v) is 5.73. The number of hydrogen-bond donors (Lipinski definition) is 3. The van der Waals surface area contributed by atoms with E-state index in [0.29, 0.717) is 5.75 Å². The first-order chi connectivity index (χ1) is 10.1. The fourth-order valence-corrected chi connectivity index (χ4v) is 1.50. The molecule has 0 bridgehead atoms. The maximum atomic E-state index is 11.8. The van der Waals surface area contributed by atoms with Crippen molar-refractivity contribution in [2.75, 3.05) is 17.7 Å². The number of nitrogens with one attached hydrogen (secondary N) is 2. The Morgan fingerprint density at radius 3 is 2.67 bits per heavy atom. The lowest BCUT2D eigenvalue weighted by Gasteiger charge is -2.10. The van der Waals surface area contributed by atoms with Gasteiger partial charge in [-0.1, -0.05) is 0 Å². The minimum Gasteiger partial charge on any atom is -0.497 e. The number of rotatable bonds is 4. The molecule has 1 aromatic carbocycles. The van der Waals surface area contributed by atoms with Crippen LogP contribution in [0.25, 0.3) is 0 Å². The molecule has 2 rings (SSSR count). The van der Waals surface area contributed by atoms with E-state index in [1.807, 2.05) is 0 Å². The summed E-state index contributed by atoms with van der Waals surface area (Å²) in [5.74, 6) is -0.770. The number of aromatic nitrogens is 3. The number of amides is 2. The van der Waals surface area contributed by atoms with Crippen LogP contribution in [0.1, 0.15) is 10.4 Å². The second-order valence-electron chi connectivity index (χ2n) is 3.76. The van der Waals surface area contributed by atoms with Gasteiger partial charge in [-0.25, -0.2) is 14.6 Å². The predicted molar refractivity (Wildman–Crippen MR) is 72.4 cm³/mol. The molecule has 0 radical (unpaired) electrons. The molecule has 9 nitrogen and oxygen atoms in total. The Morgan fingerprint density at radius 2 is 2.05 bits per heavy atom. The van der Waals surface area contributed by atoms with Crippen LogP contribution in [-0.4, -0.2) is 39.4 Å². The Hall–Kier alpha value is -3.23. The molecule has 0 saturated heterocycles. The van der Waals surface area contributed by atoms with Gasteiger partial charge in [0.05, 0.1) is 30.8 Å². The molecule has 0 unspecified atom stereocenters. The van der Waals surface area contributed by atoms with Crippen LogP contribution < -0.4 is 15.4 Å². The highest BCUT2D eigenvalue weighted by Gasteiger charge is 2.14. The largest absolute Gasteiger partial charge is 0.497 e. The maximum Gasteiger partial charge on any atom is 0.337 e. The average molecular weight is 289 g/mol. The fourth-order valence-electron chi connectivity index (χ4n) is 1.50. The number of carbonyl (C=O) groups is 2. The van der Waals surface area contributed by atoms with Crippen molar-refractivity contribution in [1.82, 2.24) is 15.2 Å². The molecular weight excluding hydrogens is 278 g/mol. The van der Waals surface area contributed by atoms with Crippen molar-refractivity contribution in [2.45, 2.75) is 0 Å². The first kappa shape index (κ1) is 14.2. The number of hydrogen-bond acceptors (Lipinski definition) is 6. The predicted octanol–water partition coefficient (Wildman–Crippen LogP) is 1.22. The van der Waals surface area contributed by atoms with E-state index in [-0.39, 0.29) is 17.2 Å². The Bertz CT molecular complexity index is 662. The summed E-state index contributed by atoms with van der Waals surface area (Å²) < 4.78 is 4.99. The van der Waals surface area contributed by atoms with Gasteiger partial charge in [0, 0.05) is 6.07 Å². The molecule has 0 aliphatic carbocycles. The van der Waals surface area contributed by atoms with Gasteiger partial charge in [0.2, 0.25) is 0 Å². The lowest BCUT2D eigenvalue weighted by molar-refractivity contribution is 0.0698. The highest BCUT2D eigenvalue weighted by atomic mass is 16.5. The third kappa shape index (κ3) is 3.62. The number of carbonyl (C=O) groups excluding carboxylic acids is 1. The van der Waals surface area contributed by atoms with Gasteiger partial charge in [-0.05, 0) is 12.1 Å². The molecule has 0 fully saturated rings. The van der Waals surface area contributed by atoms with Gasteiger partial charge < -0.3 is 15.2 Å². The highest BCUT2D eigenvalue weighted by molar-refractivity contribution is 6.04. The van der Waals surface area contributed by atoms with Gasteiger partial charge in [0.25, 0.3) is 5.95 Å². The quantitative estimate of drug-likeness (QED) is 0.772. The molecule has 0 atom stereocenters. The van der Waals surface area contributed by atoms with Gasteiger partial charge in [0.1, 0.15) is 5.75 Å². The van der Waals surface area contributed by atoms with Crippen LogP contribution in [0.2, 0.25) is 0 Å². The van der Waals surface area contributed by atoms with E-state index >= 15 is 0 Å². The van der Waals surface area contributed by atoms with E-state index in [9.17, 15) is 9.59 Å². The lowest BCUT2D eigenvalue weighted by atomic mass is 10.1. The molecule has 0 spiro atoms. The molecule has 1 heterocycles. The highest BCUT2D eigenvalue weighted by Crippen LogP contribution is 2.22. The first-order valence-electron chi connectivity index (χ1n) is 5.73. The summed E-state index contributed by atoms with van der Waals surface area (Å²) in [6.45, 7) is 0. The van der Waals surface area contributed by atoms with Gasteiger partial charge in [-0.15, -0.1) is 5.10 Å². The number of aromatic carboxylic acids is 1. The third-order valence-corrected chi connectivity index (χ3v) is 2.41. The molecular formula is C12H11N5O4. The summed E-state index contributed by atoms with van der Waals surface area (Å²) in [6.07, 6.45) is 2.71. The molecule has 21 heavy (non-hydrogen) atoms. The van der Waals surface area contributed by atoms with Crippen molar-refractivity contribution in [2.24, 2.45) is 0 Å². The second-order valence-corrected chi connectivity index (χ2v) is 3.76. The Balaban J connectivity index is 2.17. The zero-order valence-corrected chi connectivity index (χ0v) is 10.9. The minimum absolute atomic E-state index is 0.00484. The number of anilines is 2. The molecule has 0 saturated carbocycles. The number of carboxylic acid groups (broad SMARTS) is 1. The molecule has 0 aliphatic heterocycles. The van der Waals surface area contributed by atoms with Crippen LogP contribution in [0.15, 0.2) is 30.6 Å². The molecule has 3 N–H and O–H groups in total. The lowest BCUT2D eigenvalue weighted by Crippen LogP contribution is -2.22. The van der Waals surface area contributed by atoms with Crippen LogP contribution in [0.3, 0.4) is 0 Å². The van der Waals surface area contributed by atoms with Crippen molar-refractivity contribution in [3.8, 4) is 5.75 Å². The standard InChI is InChI=1S/C12H11N5O4/c1-21-7-2-3-8(10(18)19)9(6-7)15-12(20)16-11-13-4-5-14-17-11/h2-6H,1H3,(H,18,19)(H2,13,15,16,17,20). The van der Waals surface area contributed by atoms with Gasteiger partial charge in [0.15, 0.2) is 0 Å². The number of ether oxygens (including phenoxy) is 1. The Labute approximate surface area is 119 Å². The zero-order valence-electron chi connectivity index (χ0n) is 10.9. The van der Waals surface area contributed by atoms with Crippen LogP contribution in [0.4, 0.5) is 16.4 Å². The summed E-state index contributed by atoms with van der Waals surface area (Å²) in [6, 6.07) is 3.51. The van der Waals surface area contributed by atoms with Crippen LogP contribution in [0, 0.1) is 0 Å². The van der Waals surface area contributed by atoms with Gasteiger partial charge in [-0.3, -0.25) is 5.32 Å². The van der Waals surface area contributed by atoms with Crippen LogP contribution in [-0.2, 0) is 0 Å². The third-order valence-electron chi connectivity index (χ3n) is 2.41. The summed E-state index contributed by atoms with van der Waals surface area (Å²) in [5, 5.41) is 20.9. The van der Waals surface area contributed by atoms with E-state index in [0.717, 1.165) is 0 Å². The van der Waals surface area contributed by atoms with Crippen molar-refractivity contribution < 1.29 is 19.4 Å².